The van der Waals surface area contributed by atoms with Crippen molar-refractivity contribution in [2.24, 2.45) is 11.1 Å². The molecule has 0 aromatic rings. The van der Waals surface area contributed by atoms with Crippen LogP contribution in [0.4, 0.5) is 0 Å². The molecule has 0 spiro atoms. The first-order chi connectivity index (χ1) is 7.72. The lowest BCUT2D eigenvalue weighted by Gasteiger charge is -2.35. The van der Waals surface area contributed by atoms with Crippen LogP contribution in [0.15, 0.2) is 0 Å². The molecule has 0 aliphatic rings. The predicted molar refractivity (Wildman–Crippen MR) is 75.2 cm³/mol. The second-order valence-electron chi connectivity index (χ2n) is 7.57. The molecule has 18 heavy (non-hydrogen) atoms. The van der Waals surface area contributed by atoms with Crippen molar-refractivity contribution in [3.05, 3.63) is 0 Å². The third-order valence-corrected chi connectivity index (χ3v) is 2.61. The molecule has 0 fully saturated rings. The summed E-state index contributed by atoms with van der Waals surface area (Å²) in [4.78, 5) is 13.7. The molecule has 0 unspecified atom stereocenters. The third-order valence-electron chi connectivity index (χ3n) is 2.61. The lowest BCUT2D eigenvalue weighted by atomic mass is 9.81. The van der Waals surface area contributed by atoms with Crippen LogP contribution in [-0.2, 0) is 4.79 Å². The fourth-order valence-electron chi connectivity index (χ4n) is 2.48. The van der Waals surface area contributed by atoms with Crippen LogP contribution in [0.2, 0.25) is 0 Å². The van der Waals surface area contributed by atoms with E-state index in [4.69, 9.17) is 5.73 Å². The number of hydrogen-bond acceptors (Lipinski definition) is 3. The van der Waals surface area contributed by atoms with Crippen molar-refractivity contribution < 1.29 is 9.90 Å². The van der Waals surface area contributed by atoms with Crippen LogP contribution < -0.4 is 5.73 Å². The highest BCUT2D eigenvalue weighted by Crippen LogP contribution is 2.28. The van der Waals surface area contributed by atoms with E-state index < -0.39 is 11.1 Å². The maximum atomic E-state index is 12.0. The van der Waals surface area contributed by atoms with Gasteiger partial charge < -0.3 is 15.7 Å². The third kappa shape index (κ3) is 8.48. The van der Waals surface area contributed by atoms with Gasteiger partial charge in [0.15, 0.2) is 0 Å². The molecule has 0 aliphatic carbocycles. The van der Waals surface area contributed by atoms with Crippen molar-refractivity contribution in [1.82, 2.24) is 4.90 Å². The number of nitrogens with two attached hydrogens (primary N) is 1. The van der Waals surface area contributed by atoms with Gasteiger partial charge in [-0.15, -0.1) is 0 Å². The van der Waals surface area contributed by atoms with Crippen LogP contribution in [0.5, 0.6) is 0 Å². The van der Waals surface area contributed by atoms with Crippen LogP contribution in [0, 0.1) is 5.41 Å². The Bertz CT molecular complexity index is 285. The zero-order valence-electron chi connectivity index (χ0n) is 13.0. The Kier molecular flexibility index (Phi) is 5.39. The maximum absolute atomic E-state index is 12.0. The Hall–Kier alpha value is -0.610. The lowest BCUT2D eigenvalue weighted by molar-refractivity contribution is -0.132. The maximum Gasteiger partial charge on any atom is 0.224 e. The quantitative estimate of drug-likeness (QED) is 0.763. The summed E-state index contributed by atoms with van der Waals surface area (Å²) >= 11 is 0. The van der Waals surface area contributed by atoms with Gasteiger partial charge in [-0.25, -0.2) is 0 Å². The average Bonchev–Trinajstić information content (AvgIpc) is 1.93. The molecular formula is C14H30N2O2. The Labute approximate surface area is 112 Å². The summed E-state index contributed by atoms with van der Waals surface area (Å²) in [6.45, 7) is 12.0. The number of hydrogen-bond donors (Lipinski definition) is 2. The van der Waals surface area contributed by atoms with Gasteiger partial charge in [-0.1, -0.05) is 13.8 Å². The monoisotopic (exact) mass is 258 g/mol. The van der Waals surface area contributed by atoms with Crippen LogP contribution in [0.3, 0.4) is 0 Å². The first kappa shape index (κ1) is 17.4. The second-order valence-corrected chi connectivity index (χ2v) is 7.57. The molecule has 0 rings (SSSR count). The van der Waals surface area contributed by atoms with E-state index >= 15 is 0 Å². The van der Waals surface area contributed by atoms with Gasteiger partial charge >= 0.3 is 0 Å². The number of carbonyl (C=O) groups is 1. The van der Waals surface area contributed by atoms with Crippen molar-refractivity contribution in [2.75, 3.05) is 13.6 Å². The Morgan fingerprint density at radius 1 is 1.17 bits per heavy atom. The fourth-order valence-corrected chi connectivity index (χ4v) is 2.48. The van der Waals surface area contributed by atoms with Gasteiger partial charge in [-0.05, 0) is 39.5 Å². The number of nitrogens with zero attached hydrogens (tertiary/aromatic N) is 1. The summed E-state index contributed by atoms with van der Waals surface area (Å²) in [5, 5.41) is 9.87. The van der Waals surface area contributed by atoms with Crippen molar-refractivity contribution >= 4 is 5.91 Å². The zero-order valence-corrected chi connectivity index (χ0v) is 13.0. The van der Waals surface area contributed by atoms with Crippen LogP contribution in [-0.4, -0.2) is 40.6 Å². The van der Waals surface area contributed by atoms with E-state index in [0.29, 0.717) is 19.4 Å². The van der Waals surface area contributed by atoms with Crippen molar-refractivity contribution in [3.8, 4) is 0 Å². The SMILES string of the molecule is CN(CC(C)(C)CC(C)(C)O)C(=O)CC(C)(C)N. The molecule has 0 heterocycles. The summed E-state index contributed by atoms with van der Waals surface area (Å²) in [6.07, 6.45) is 0.978. The number of rotatable bonds is 6. The summed E-state index contributed by atoms with van der Waals surface area (Å²) in [6, 6.07) is 0. The molecule has 0 aliphatic heterocycles. The Morgan fingerprint density at radius 3 is 1.94 bits per heavy atom. The molecule has 4 nitrogen and oxygen atoms in total. The summed E-state index contributed by atoms with van der Waals surface area (Å²) in [5.41, 5.74) is 4.53. The zero-order chi connectivity index (χ0) is 14.8. The first-order valence-corrected chi connectivity index (χ1v) is 6.47. The molecule has 0 atom stereocenters. The molecule has 3 N–H and O–H groups in total. The van der Waals surface area contributed by atoms with E-state index in [-0.39, 0.29) is 11.3 Å². The fraction of sp³-hybridized carbons (Fsp3) is 0.929. The molecule has 0 saturated heterocycles. The van der Waals surface area contributed by atoms with Gasteiger partial charge in [0.25, 0.3) is 0 Å². The van der Waals surface area contributed by atoms with Gasteiger partial charge in [-0.2, -0.15) is 0 Å². The highest BCUT2D eigenvalue weighted by atomic mass is 16.3. The molecule has 0 aromatic heterocycles. The molecule has 108 valence electrons. The minimum absolute atomic E-state index is 0.0475. The van der Waals surface area contributed by atoms with Crippen LogP contribution in [0.25, 0.3) is 0 Å². The van der Waals surface area contributed by atoms with Crippen molar-refractivity contribution in [1.29, 1.82) is 0 Å². The van der Waals surface area contributed by atoms with Gasteiger partial charge in [0.1, 0.15) is 0 Å². The van der Waals surface area contributed by atoms with Crippen molar-refractivity contribution in [3.63, 3.8) is 0 Å². The minimum Gasteiger partial charge on any atom is -0.390 e. The summed E-state index contributed by atoms with van der Waals surface area (Å²) in [7, 11) is 1.79. The Balaban J connectivity index is 4.47. The Morgan fingerprint density at radius 2 is 1.61 bits per heavy atom. The largest absolute Gasteiger partial charge is 0.390 e. The van der Waals surface area contributed by atoms with Gasteiger partial charge in [0.2, 0.25) is 5.91 Å². The predicted octanol–water partition coefficient (Wildman–Crippen LogP) is 1.76. The highest BCUT2D eigenvalue weighted by molar-refractivity contribution is 5.77. The number of amides is 1. The minimum atomic E-state index is -0.722. The molecule has 0 aromatic carbocycles. The van der Waals surface area contributed by atoms with Gasteiger partial charge in [0.05, 0.1) is 5.60 Å². The number of aliphatic hydroxyl groups is 1. The van der Waals surface area contributed by atoms with Crippen molar-refractivity contribution in [2.45, 2.75) is 65.5 Å². The van der Waals surface area contributed by atoms with E-state index in [1.165, 1.54) is 0 Å². The average molecular weight is 258 g/mol. The second kappa shape index (κ2) is 5.57. The lowest BCUT2D eigenvalue weighted by Crippen LogP contribution is -2.44. The smallest absolute Gasteiger partial charge is 0.224 e. The number of carbonyl (C=O) groups excluding carboxylic acids is 1. The summed E-state index contributed by atoms with van der Waals surface area (Å²) < 4.78 is 0. The molecule has 0 radical (unpaired) electrons. The van der Waals surface area contributed by atoms with E-state index in [2.05, 4.69) is 13.8 Å². The van der Waals surface area contributed by atoms with E-state index in [1.54, 1.807) is 25.8 Å². The molecule has 1 amide bonds. The molecular weight excluding hydrogens is 228 g/mol. The normalized spacial score (nSPS) is 13.6. The molecule has 4 heteroatoms. The van der Waals surface area contributed by atoms with E-state index in [0.717, 1.165) is 0 Å². The summed E-state index contributed by atoms with van der Waals surface area (Å²) in [5.74, 6) is 0.0475. The molecule has 0 bridgehead atoms. The van der Waals surface area contributed by atoms with Crippen LogP contribution >= 0.6 is 0 Å². The van der Waals surface area contributed by atoms with E-state index in [9.17, 15) is 9.90 Å². The highest BCUT2D eigenvalue weighted by Gasteiger charge is 2.30. The van der Waals surface area contributed by atoms with E-state index in [1.807, 2.05) is 13.8 Å². The van der Waals surface area contributed by atoms with Crippen LogP contribution in [0.1, 0.15) is 54.4 Å². The van der Waals surface area contributed by atoms with Gasteiger partial charge in [0, 0.05) is 25.6 Å². The topological polar surface area (TPSA) is 66.6 Å². The van der Waals surface area contributed by atoms with Gasteiger partial charge in [-0.3, -0.25) is 4.79 Å². The standard InChI is InChI=1S/C14H30N2O2/c1-12(2,9-14(5,6)18)10-16(7)11(17)8-13(3,4)15/h18H,8-10,15H2,1-7H3. The molecule has 0 saturated carbocycles. The first-order valence-electron chi connectivity index (χ1n) is 6.47.